The van der Waals surface area contributed by atoms with Gasteiger partial charge in [0.2, 0.25) is 0 Å². The summed E-state index contributed by atoms with van der Waals surface area (Å²) in [5.41, 5.74) is 1.21. The average Bonchev–Trinajstić information content (AvgIpc) is 3.13. The van der Waals surface area contributed by atoms with Crippen molar-refractivity contribution < 1.29 is 18.7 Å². The molecule has 1 aliphatic rings. The molecule has 0 aliphatic carbocycles. The van der Waals surface area contributed by atoms with Crippen molar-refractivity contribution in [2.45, 2.75) is 25.5 Å². The molecule has 2 aromatic carbocycles. The van der Waals surface area contributed by atoms with Crippen molar-refractivity contribution in [2.24, 2.45) is 0 Å². The van der Waals surface area contributed by atoms with Crippen molar-refractivity contribution in [3.05, 3.63) is 63.9 Å². The molecule has 6 heteroatoms. The molecule has 1 aliphatic heterocycles. The first-order valence-corrected chi connectivity index (χ1v) is 9.35. The molecule has 0 N–H and O–H groups in total. The first-order valence-electron chi connectivity index (χ1n) is 8.55. The Morgan fingerprint density at radius 2 is 2.15 bits per heavy atom. The molecule has 0 spiro atoms. The van der Waals surface area contributed by atoms with Gasteiger partial charge in [-0.05, 0) is 37.1 Å². The standard InChI is InChI=1S/C20H21BrFNO3/c1-25-19-7-3-2-5-14(19)12-23(13-18-6-4-8-26-18)20(24)15-9-16(21)11-17(22)10-15/h2-3,5,7,9-11,18H,4,6,8,12-13H2,1H3. The van der Waals surface area contributed by atoms with Gasteiger partial charge in [0.15, 0.2) is 0 Å². The van der Waals surface area contributed by atoms with Gasteiger partial charge in [-0.2, -0.15) is 0 Å². The van der Waals surface area contributed by atoms with Gasteiger partial charge in [-0.25, -0.2) is 4.39 Å². The Morgan fingerprint density at radius 1 is 1.35 bits per heavy atom. The molecular weight excluding hydrogens is 401 g/mol. The van der Waals surface area contributed by atoms with Gasteiger partial charge in [-0.15, -0.1) is 0 Å². The number of carbonyl (C=O) groups excluding carboxylic acids is 1. The average molecular weight is 422 g/mol. The van der Waals surface area contributed by atoms with Gasteiger partial charge in [0.1, 0.15) is 11.6 Å². The molecule has 0 bridgehead atoms. The van der Waals surface area contributed by atoms with Crippen LogP contribution in [0.15, 0.2) is 46.9 Å². The topological polar surface area (TPSA) is 38.8 Å². The Hall–Kier alpha value is -1.92. The molecule has 4 nitrogen and oxygen atoms in total. The lowest BCUT2D eigenvalue weighted by Gasteiger charge is -2.26. The van der Waals surface area contributed by atoms with E-state index in [9.17, 15) is 9.18 Å². The molecule has 0 saturated carbocycles. The molecule has 1 unspecified atom stereocenters. The Labute approximate surface area is 161 Å². The van der Waals surface area contributed by atoms with Gasteiger partial charge in [0.25, 0.3) is 5.91 Å². The molecular formula is C20H21BrFNO3. The zero-order chi connectivity index (χ0) is 18.5. The van der Waals surface area contributed by atoms with E-state index in [1.165, 1.54) is 12.1 Å². The van der Waals surface area contributed by atoms with Gasteiger partial charge < -0.3 is 14.4 Å². The number of carbonyl (C=O) groups is 1. The largest absolute Gasteiger partial charge is 0.496 e. The second-order valence-electron chi connectivity index (χ2n) is 6.29. The van der Waals surface area contributed by atoms with Gasteiger partial charge in [0.05, 0.1) is 13.2 Å². The predicted molar refractivity (Wildman–Crippen MR) is 101 cm³/mol. The second kappa shape index (κ2) is 8.64. The normalized spacial score (nSPS) is 16.5. The number of amides is 1. The van der Waals surface area contributed by atoms with Crippen LogP contribution in [0.2, 0.25) is 0 Å². The summed E-state index contributed by atoms with van der Waals surface area (Å²) in [6.07, 6.45) is 1.92. The van der Waals surface area contributed by atoms with Crippen LogP contribution in [0.4, 0.5) is 4.39 Å². The third-order valence-corrected chi connectivity index (χ3v) is 4.86. The quantitative estimate of drug-likeness (QED) is 0.692. The fourth-order valence-electron chi connectivity index (χ4n) is 3.15. The van der Waals surface area contributed by atoms with E-state index >= 15 is 0 Å². The fourth-order valence-corrected chi connectivity index (χ4v) is 3.62. The Kier molecular flexibility index (Phi) is 6.27. The van der Waals surface area contributed by atoms with Crippen LogP contribution in [-0.2, 0) is 11.3 Å². The number of hydrogen-bond acceptors (Lipinski definition) is 3. The monoisotopic (exact) mass is 421 g/mol. The van der Waals surface area contributed by atoms with Gasteiger partial charge in [-0.3, -0.25) is 4.79 Å². The highest BCUT2D eigenvalue weighted by Gasteiger charge is 2.25. The van der Waals surface area contributed by atoms with E-state index in [0.29, 0.717) is 29.7 Å². The number of halogens is 2. The number of ether oxygens (including phenoxy) is 2. The molecule has 0 aromatic heterocycles. The highest BCUT2D eigenvalue weighted by Crippen LogP contribution is 2.23. The maximum Gasteiger partial charge on any atom is 0.254 e. The van der Waals surface area contributed by atoms with Crippen LogP contribution in [0.25, 0.3) is 0 Å². The summed E-state index contributed by atoms with van der Waals surface area (Å²) in [4.78, 5) is 14.8. The molecule has 3 rings (SSSR count). The zero-order valence-corrected chi connectivity index (χ0v) is 16.2. The SMILES string of the molecule is COc1ccccc1CN(CC1CCCO1)C(=O)c1cc(F)cc(Br)c1. The Bertz CT molecular complexity index is 757. The van der Waals surface area contributed by atoms with Crippen molar-refractivity contribution >= 4 is 21.8 Å². The van der Waals surface area contributed by atoms with Crippen LogP contribution >= 0.6 is 15.9 Å². The smallest absolute Gasteiger partial charge is 0.254 e. The summed E-state index contributed by atoms with van der Waals surface area (Å²) in [6.45, 7) is 1.55. The summed E-state index contributed by atoms with van der Waals surface area (Å²) < 4.78 is 25.4. The molecule has 1 fully saturated rings. The van der Waals surface area contributed by atoms with E-state index in [2.05, 4.69) is 15.9 Å². The number of para-hydroxylation sites is 1. The predicted octanol–water partition coefficient (Wildman–Crippen LogP) is 4.42. The number of rotatable bonds is 6. The Morgan fingerprint density at radius 3 is 2.85 bits per heavy atom. The van der Waals surface area contributed by atoms with Crippen LogP contribution in [-0.4, -0.2) is 37.2 Å². The minimum atomic E-state index is -0.447. The van der Waals surface area contributed by atoms with Crippen LogP contribution in [0.5, 0.6) is 5.75 Å². The van der Waals surface area contributed by atoms with E-state index in [4.69, 9.17) is 9.47 Å². The lowest BCUT2D eigenvalue weighted by Crippen LogP contribution is -2.37. The summed E-state index contributed by atoms with van der Waals surface area (Å²) >= 11 is 3.25. The van der Waals surface area contributed by atoms with E-state index in [-0.39, 0.29) is 12.0 Å². The first kappa shape index (κ1) is 18.9. The third-order valence-electron chi connectivity index (χ3n) is 4.40. The molecule has 138 valence electrons. The van der Waals surface area contributed by atoms with E-state index in [1.807, 2.05) is 24.3 Å². The van der Waals surface area contributed by atoms with E-state index in [0.717, 1.165) is 24.2 Å². The molecule has 1 atom stereocenters. The lowest BCUT2D eigenvalue weighted by molar-refractivity contribution is 0.0505. The van der Waals surface area contributed by atoms with E-state index < -0.39 is 5.82 Å². The van der Waals surface area contributed by atoms with Crippen molar-refractivity contribution in [1.82, 2.24) is 4.90 Å². The number of nitrogens with zero attached hydrogens (tertiary/aromatic N) is 1. The summed E-state index contributed by atoms with van der Waals surface area (Å²) in [6, 6.07) is 11.8. The van der Waals surface area contributed by atoms with Crippen molar-refractivity contribution in [3.8, 4) is 5.75 Å². The first-order chi connectivity index (χ1) is 12.6. The van der Waals surface area contributed by atoms with Gasteiger partial charge in [0, 0.05) is 35.3 Å². The van der Waals surface area contributed by atoms with Crippen LogP contribution in [0.3, 0.4) is 0 Å². The van der Waals surface area contributed by atoms with Crippen molar-refractivity contribution in [2.75, 3.05) is 20.3 Å². The Balaban J connectivity index is 1.87. The minimum absolute atomic E-state index is 0.00524. The van der Waals surface area contributed by atoms with Gasteiger partial charge >= 0.3 is 0 Å². The van der Waals surface area contributed by atoms with Gasteiger partial charge in [-0.1, -0.05) is 34.1 Å². The van der Waals surface area contributed by atoms with Crippen LogP contribution in [0.1, 0.15) is 28.8 Å². The summed E-state index contributed by atoms with van der Waals surface area (Å²) in [5, 5.41) is 0. The summed E-state index contributed by atoms with van der Waals surface area (Å²) in [7, 11) is 1.61. The molecule has 1 amide bonds. The molecule has 0 radical (unpaired) electrons. The van der Waals surface area contributed by atoms with Crippen molar-refractivity contribution in [1.29, 1.82) is 0 Å². The van der Waals surface area contributed by atoms with Crippen LogP contribution < -0.4 is 4.74 Å². The molecule has 1 saturated heterocycles. The number of methoxy groups -OCH3 is 1. The van der Waals surface area contributed by atoms with Crippen molar-refractivity contribution in [3.63, 3.8) is 0 Å². The zero-order valence-electron chi connectivity index (χ0n) is 14.6. The van der Waals surface area contributed by atoms with Crippen LogP contribution in [0, 0.1) is 5.82 Å². The number of hydrogen-bond donors (Lipinski definition) is 0. The van der Waals surface area contributed by atoms with E-state index in [1.54, 1.807) is 18.1 Å². The molecule has 1 heterocycles. The maximum absolute atomic E-state index is 13.8. The fraction of sp³-hybridized carbons (Fsp3) is 0.350. The number of benzene rings is 2. The lowest BCUT2D eigenvalue weighted by atomic mass is 10.1. The third kappa shape index (κ3) is 4.62. The maximum atomic E-state index is 13.8. The second-order valence-corrected chi connectivity index (χ2v) is 7.21. The molecule has 26 heavy (non-hydrogen) atoms. The minimum Gasteiger partial charge on any atom is -0.496 e. The highest BCUT2D eigenvalue weighted by atomic mass is 79.9. The highest BCUT2D eigenvalue weighted by molar-refractivity contribution is 9.10. The molecule has 2 aromatic rings. The summed E-state index contributed by atoms with van der Waals surface area (Å²) in [5.74, 6) is 0.0433.